The summed E-state index contributed by atoms with van der Waals surface area (Å²) in [6.45, 7) is 15.2. The summed E-state index contributed by atoms with van der Waals surface area (Å²) in [6, 6.07) is 12.6. The second-order valence-corrected chi connectivity index (χ2v) is 28.9. The van der Waals surface area contributed by atoms with Crippen LogP contribution in [0.2, 0.25) is 39.3 Å². The quantitative estimate of drug-likeness (QED) is 0.324. The van der Waals surface area contributed by atoms with Gasteiger partial charge in [-0.25, -0.2) is 0 Å². The molecule has 0 nitrogen and oxygen atoms in total. The van der Waals surface area contributed by atoms with Gasteiger partial charge in [0.2, 0.25) is 0 Å². The zero-order valence-electron chi connectivity index (χ0n) is 21.6. The molecule has 3 aliphatic rings. The van der Waals surface area contributed by atoms with Crippen molar-refractivity contribution in [3.8, 4) is 11.1 Å². The molecule has 1 saturated carbocycles. The summed E-state index contributed by atoms with van der Waals surface area (Å²) in [7, 11) is -2.75. The molecule has 0 amide bonds. The number of hydrogen-bond donors (Lipinski definition) is 0. The van der Waals surface area contributed by atoms with E-state index in [-0.39, 0.29) is 0 Å². The first-order valence-corrected chi connectivity index (χ1v) is 23.7. The van der Waals surface area contributed by atoms with Crippen molar-refractivity contribution in [1.29, 1.82) is 0 Å². The van der Waals surface area contributed by atoms with Crippen molar-refractivity contribution in [3.63, 3.8) is 0 Å². The number of benzene rings is 2. The molecule has 33 heavy (non-hydrogen) atoms. The molecule has 2 aromatic rings. The molecule has 0 atom stereocenters. The third-order valence-corrected chi connectivity index (χ3v) is 20.7. The van der Waals surface area contributed by atoms with Crippen LogP contribution in [0.3, 0.4) is 0 Å². The Morgan fingerprint density at radius 1 is 0.788 bits per heavy atom. The van der Waals surface area contributed by atoms with Gasteiger partial charge in [-0.2, -0.15) is 0 Å². The number of hydrogen-bond acceptors (Lipinski definition) is 0. The Kier molecular flexibility index (Phi) is 6.47. The van der Waals surface area contributed by atoms with Crippen LogP contribution in [-0.4, -0.2) is 19.4 Å². The summed E-state index contributed by atoms with van der Waals surface area (Å²) in [4.78, 5) is 0. The minimum absolute atomic E-state index is 1.18. The van der Waals surface area contributed by atoms with E-state index in [0.717, 1.165) is 0 Å². The van der Waals surface area contributed by atoms with Crippen LogP contribution in [0, 0.1) is 0 Å². The van der Waals surface area contributed by atoms with E-state index in [0.29, 0.717) is 0 Å². The second kappa shape index (κ2) is 8.96. The molecule has 0 aromatic heterocycles. The molecule has 0 radical (unpaired) electrons. The summed E-state index contributed by atoms with van der Waals surface area (Å²) < 4.78 is 5.79. The third-order valence-electron chi connectivity index (χ3n) is 7.90. The number of allylic oxidation sites excluding steroid dienone is 4. The molecular formula is C30H40Si2Zr. The Morgan fingerprint density at radius 2 is 1.52 bits per heavy atom. The molecule has 2 aromatic carbocycles. The fraction of sp³-hybridized carbons (Fsp3) is 0.433. The van der Waals surface area contributed by atoms with Gasteiger partial charge in [-0.05, 0) is 0 Å². The molecule has 0 spiro atoms. The number of rotatable bonds is 4. The first-order valence-electron chi connectivity index (χ1n) is 13.0. The van der Waals surface area contributed by atoms with Crippen molar-refractivity contribution >= 4 is 33.0 Å². The third kappa shape index (κ3) is 4.55. The molecule has 0 bridgehead atoms. The molecule has 0 saturated heterocycles. The van der Waals surface area contributed by atoms with Crippen LogP contribution in [0.4, 0.5) is 0 Å². The maximum absolute atomic E-state index is 2.59. The Balaban J connectivity index is 1.75. The van der Waals surface area contributed by atoms with Crippen LogP contribution < -0.4 is 13.6 Å². The summed E-state index contributed by atoms with van der Waals surface area (Å²) in [5, 5.41) is 3.41. The Morgan fingerprint density at radius 3 is 2.15 bits per heavy atom. The molecule has 172 valence electrons. The molecule has 3 heteroatoms. The maximum atomic E-state index is 2.59. The predicted molar refractivity (Wildman–Crippen MR) is 150 cm³/mol. The first-order chi connectivity index (χ1) is 15.6. The normalized spacial score (nSPS) is 17.8. The van der Waals surface area contributed by atoms with E-state index in [4.69, 9.17) is 0 Å². The SMILES string of the molecule is C[Si](C)(C)c1ccc2c(c1)Cc1c-2ccc([Si](C)(C)C)[c]1[Zr]([C]1=CC=CC1)=[C]1CCCCC1. The van der Waals surface area contributed by atoms with Gasteiger partial charge in [0, 0.05) is 0 Å². The average molecular weight is 548 g/mol. The van der Waals surface area contributed by atoms with Crippen LogP contribution in [0.5, 0.6) is 0 Å². The fourth-order valence-electron chi connectivity index (χ4n) is 6.08. The molecule has 0 unspecified atom stereocenters. The standard InChI is InChI=1S/C19H25Si2.C6H10.C5H5.Zr/c1-20(2,3)16-7-9-18-14(12-16)11-15-13-17(21(4,5)6)8-10-19(15)18;1-2-4-6-5-3-1;1-2-4-5-3-1;/h7-10,12H,11H2,1-6H3;1-5H2;1-3H,4H2;. The van der Waals surface area contributed by atoms with Crippen molar-refractivity contribution < 1.29 is 21.3 Å². The molecule has 3 aliphatic carbocycles. The van der Waals surface area contributed by atoms with Crippen LogP contribution in [0.25, 0.3) is 11.1 Å². The van der Waals surface area contributed by atoms with Crippen molar-refractivity contribution in [1.82, 2.24) is 0 Å². The molecular weight excluding hydrogens is 508 g/mol. The molecule has 1 fully saturated rings. The van der Waals surface area contributed by atoms with Gasteiger partial charge < -0.3 is 0 Å². The van der Waals surface area contributed by atoms with Gasteiger partial charge >= 0.3 is 213 Å². The predicted octanol–water partition coefficient (Wildman–Crippen LogP) is 6.57. The van der Waals surface area contributed by atoms with E-state index in [9.17, 15) is 0 Å². The zero-order chi connectivity index (χ0) is 23.4. The summed E-state index contributed by atoms with van der Waals surface area (Å²) in [5.41, 5.74) is 6.46. The van der Waals surface area contributed by atoms with Crippen molar-refractivity contribution in [3.05, 3.63) is 63.0 Å². The molecule has 0 heterocycles. The minimum atomic E-state index is -2.10. The van der Waals surface area contributed by atoms with Gasteiger partial charge in [0.1, 0.15) is 0 Å². The Hall–Kier alpha value is -0.893. The van der Waals surface area contributed by atoms with Gasteiger partial charge in [0.15, 0.2) is 0 Å². The molecule has 0 aliphatic heterocycles. The second-order valence-electron chi connectivity index (χ2n) is 12.4. The van der Waals surface area contributed by atoms with E-state index in [1.165, 1.54) is 50.5 Å². The van der Waals surface area contributed by atoms with Gasteiger partial charge in [-0.3, -0.25) is 0 Å². The van der Waals surface area contributed by atoms with Gasteiger partial charge in [-0.15, -0.1) is 0 Å². The fourth-order valence-corrected chi connectivity index (χ4v) is 20.7. The average Bonchev–Trinajstić information content (AvgIpc) is 3.41. The first kappa shape index (κ1) is 23.8. The monoisotopic (exact) mass is 546 g/mol. The number of fused-ring (bicyclic) bond motifs is 3. The van der Waals surface area contributed by atoms with E-state index in [2.05, 4.69) is 87.8 Å². The molecule has 0 N–H and O–H groups in total. The van der Waals surface area contributed by atoms with Crippen molar-refractivity contribution in [2.24, 2.45) is 0 Å². The van der Waals surface area contributed by atoms with Gasteiger partial charge in [0.05, 0.1) is 0 Å². The van der Waals surface area contributed by atoms with Crippen molar-refractivity contribution in [2.75, 3.05) is 0 Å². The Labute approximate surface area is 211 Å². The van der Waals surface area contributed by atoms with E-state index >= 15 is 0 Å². The summed E-state index contributed by atoms with van der Waals surface area (Å²) in [5.74, 6) is 0. The summed E-state index contributed by atoms with van der Waals surface area (Å²) >= 11 is -2.10. The Bertz CT molecular complexity index is 1190. The van der Waals surface area contributed by atoms with Gasteiger partial charge in [-0.1, -0.05) is 0 Å². The van der Waals surface area contributed by atoms with E-state index in [1.807, 2.05) is 9.76 Å². The topological polar surface area (TPSA) is 0 Å². The van der Waals surface area contributed by atoms with Crippen molar-refractivity contribution in [2.45, 2.75) is 84.2 Å². The van der Waals surface area contributed by atoms with Crippen LogP contribution in [-0.2, 0) is 27.7 Å². The van der Waals surface area contributed by atoms with Gasteiger partial charge in [0.25, 0.3) is 0 Å². The van der Waals surface area contributed by atoms with Crippen LogP contribution in [0.1, 0.15) is 49.7 Å². The summed E-state index contributed by atoms with van der Waals surface area (Å²) in [6.07, 6.45) is 16.8. The molecule has 5 rings (SSSR count). The van der Waals surface area contributed by atoms with Crippen LogP contribution in [0.15, 0.2) is 51.8 Å². The van der Waals surface area contributed by atoms with E-state index < -0.39 is 37.4 Å². The van der Waals surface area contributed by atoms with E-state index in [1.54, 1.807) is 27.1 Å². The zero-order valence-corrected chi connectivity index (χ0v) is 26.0. The van der Waals surface area contributed by atoms with Crippen LogP contribution >= 0.6 is 0 Å².